The van der Waals surface area contributed by atoms with Crippen LogP contribution in [0.15, 0.2) is 34.5 Å². The molecule has 0 radical (unpaired) electrons. The van der Waals surface area contributed by atoms with Crippen LogP contribution in [0.1, 0.15) is 28.5 Å². The van der Waals surface area contributed by atoms with E-state index in [0.717, 1.165) is 11.9 Å². The van der Waals surface area contributed by atoms with Crippen LogP contribution in [0.25, 0.3) is 0 Å². The van der Waals surface area contributed by atoms with Gasteiger partial charge in [-0.3, -0.25) is 0 Å². The molecule has 1 aromatic carbocycles. The number of hydrogen-bond acceptors (Lipinski definition) is 6. The van der Waals surface area contributed by atoms with Crippen LogP contribution in [0.3, 0.4) is 0 Å². The largest absolute Gasteiger partial charge is 0.476 e. The van der Waals surface area contributed by atoms with Crippen molar-refractivity contribution in [3.63, 3.8) is 0 Å². The second kappa shape index (κ2) is 5.82. The van der Waals surface area contributed by atoms with Gasteiger partial charge in [0.25, 0.3) is 0 Å². The lowest BCUT2D eigenvalue weighted by Gasteiger charge is -2.12. The van der Waals surface area contributed by atoms with Crippen LogP contribution in [0.2, 0.25) is 0 Å². The van der Waals surface area contributed by atoms with E-state index in [0.29, 0.717) is 5.01 Å². The van der Waals surface area contributed by atoms with E-state index in [9.17, 15) is 13.2 Å². The zero-order valence-corrected chi connectivity index (χ0v) is 13.0. The fourth-order valence-electron chi connectivity index (χ4n) is 1.69. The fourth-order valence-corrected chi connectivity index (χ4v) is 3.13. The van der Waals surface area contributed by atoms with E-state index in [1.165, 1.54) is 28.8 Å². The topological polar surface area (TPSA) is 96.4 Å². The van der Waals surface area contributed by atoms with Crippen molar-refractivity contribution in [2.45, 2.75) is 17.9 Å². The molecule has 2 aromatic rings. The smallest absolute Gasteiger partial charge is 0.355 e. The Bertz CT molecular complexity index is 751. The van der Waals surface area contributed by atoms with Crippen LogP contribution < -0.4 is 5.32 Å². The number of thiazole rings is 1. The van der Waals surface area contributed by atoms with Gasteiger partial charge in [0.15, 0.2) is 15.5 Å². The van der Waals surface area contributed by atoms with Gasteiger partial charge in [-0.1, -0.05) is 0 Å². The third-order valence-electron chi connectivity index (χ3n) is 2.78. The Balaban J connectivity index is 2.12. The summed E-state index contributed by atoms with van der Waals surface area (Å²) in [6.07, 6.45) is 1.15. The molecular weight excluding hydrogens is 312 g/mol. The van der Waals surface area contributed by atoms with Crippen LogP contribution in [0.5, 0.6) is 0 Å². The van der Waals surface area contributed by atoms with Crippen molar-refractivity contribution in [3.05, 3.63) is 40.3 Å². The van der Waals surface area contributed by atoms with Crippen molar-refractivity contribution in [3.8, 4) is 0 Å². The fraction of sp³-hybridized carbons (Fsp3) is 0.231. The Morgan fingerprint density at radius 3 is 2.43 bits per heavy atom. The van der Waals surface area contributed by atoms with E-state index in [2.05, 4.69) is 10.3 Å². The molecule has 0 saturated carbocycles. The first kappa shape index (κ1) is 15.5. The first-order chi connectivity index (χ1) is 9.77. The molecule has 0 amide bonds. The molecule has 6 nitrogen and oxygen atoms in total. The second-order valence-electron chi connectivity index (χ2n) is 4.54. The second-order valence-corrected chi connectivity index (χ2v) is 7.44. The lowest BCUT2D eigenvalue weighted by molar-refractivity contribution is 0.0691. The van der Waals surface area contributed by atoms with Crippen LogP contribution in [0.4, 0.5) is 5.69 Å². The summed E-state index contributed by atoms with van der Waals surface area (Å²) < 4.78 is 22.7. The Kier molecular flexibility index (Phi) is 4.29. The molecule has 0 fully saturated rings. The molecule has 0 saturated heterocycles. The SMILES string of the molecule is CC(Nc1ccc(S(C)(=O)=O)cc1)c1nc(C(=O)O)cs1. The maximum absolute atomic E-state index is 11.4. The molecule has 8 heteroatoms. The molecule has 1 atom stereocenters. The molecular formula is C13H14N2O4S2. The van der Waals surface area contributed by atoms with Crippen LogP contribution in [0, 0.1) is 0 Å². The van der Waals surface area contributed by atoms with Gasteiger partial charge in [0, 0.05) is 17.3 Å². The van der Waals surface area contributed by atoms with E-state index in [-0.39, 0.29) is 16.6 Å². The van der Waals surface area contributed by atoms with Gasteiger partial charge >= 0.3 is 5.97 Å². The number of carboxylic acids is 1. The number of carbonyl (C=O) groups is 1. The number of sulfone groups is 1. The quantitative estimate of drug-likeness (QED) is 0.876. The van der Waals surface area contributed by atoms with Gasteiger partial charge in [0.1, 0.15) is 5.01 Å². The number of rotatable bonds is 5. The van der Waals surface area contributed by atoms with Gasteiger partial charge in [-0.25, -0.2) is 18.2 Å². The number of hydrogen-bond donors (Lipinski definition) is 2. The summed E-state index contributed by atoms with van der Waals surface area (Å²) in [5.41, 5.74) is 0.762. The number of aromatic nitrogens is 1. The zero-order valence-electron chi connectivity index (χ0n) is 11.4. The number of anilines is 1. The minimum atomic E-state index is -3.21. The molecule has 0 bridgehead atoms. The van der Waals surface area contributed by atoms with E-state index < -0.39 is 15.8 Å². The highest BCUT2D eigenvalue weighted by atomic mass is 32.2. The third kappa shape index (κ3) is 3.79. The maximum atomic E-state index is 11.4. The van der Waals surface area contributed by atoms with Gasteiger partial charge in [-0.05, 0) is 31.2 Å². The van der Waals surface area contributed by atoms with Crippen molar-refractivity contribution in [2.75, 3.05) is 11.6 Å². The molecule has 0 spiro atoms. The molecule has 0 aliphatic rings. The van der Waals surface area contributed by atoms with E-state index >= 15 is 0 Å². The highest BCUT2D eigenvalue weighted by Gasteiger charge is 2.14. The average Bonchev–Trinajstić information content (AvgIpc) is 2.88. The predicted molar refractivity (Wildman–Crippen MR) is 80.7 cm³/mol. The summed E-state index contributed by atoms with van der Waals surface area (Å²) in [6.45, 7) is 1.86. The molecule has 1 unspecified atom stereocenters. The predicted octanol–water partition coefficient (Wildman–Crippen LogP) is 2.42. The van der Waals surface area contributed by atoms with E-state index in [1.54, 1.807) is 12.1 Å². The van der Waals surface area contributed by atoms with Crippen molar-refractivity contribution in [1.82, 2.24) is 4.98 Å². The number of benzene rings is 1. The van der Waals surface area contributed by atoms with E-state index in [1.807, 2.05) is 6.92 Å². The average molecular weight is 326 g/mol. The number of nitrogens with one attached hydrogen (secondary N) is 1. The zero-order chi connectivity index (χ0) is 15.6. The number of aromatic carboxylic acids is 1. The Morgan fingerprint density at radius 1 is 1.33 bits per heavy atom. The van der Waals surface area contributed by atoms with Crippen LogP contribution >= 0.6 is 11.3 Å². The molecule has 1 heterocycles. The van der Waals surface area contributed by atoms with Crippen molar-refractivity contribution in [2.24, 2.45) is 0 Å². The first-order valence-corrected chi connectivity index (χ1v) is 8.80. The lowest BCUT2D eigenvalue weighted by Crippen LogP contribution is -2.07. The maximum Gasteiger partial charge on any atom is 0.355 e. The third-order valence-corrected chi connectivity index (χ3v) is 4.93. The highest BCUT2D eigenvalue weighted by molar-refractivity contribution is 7.90. The normalized spacial score (nSPS) is 12.9. The minimum absolute atomic E-state index is 0.0241. The molecule has 0 aliphatic carbocycles. The summed E-state index contributed by atoms with van der Waals surface area (Å²) in [6, 6.07) is 6.20. The highest BCUT2D eigenvalue weighted by Crippen LogP contribution is 2.23. The van der Waals surface area contributed by atoms with Gasteiger partial charge in [-0.15, -0.1) is 11.3 Å². The summed E-state index contributed by atoms with van der Waals surface area (Å²) in [4.78, 5) is 15.1. The van der Waals surface area contributed by atoms with Crippen molar-refractivity contribution >= 4 is 32.8 Å². The van der Waals surface area contributed by atoms with Gasteiger partial charge < -0.3 is 10.4 Å². The molecule has 1 aromatic heterocycles. The summed E-state index contributed by atoms with van der Waals surface area (Å²) in [5.74, 6) is -1.05. The summed E-state index contributed by atoms with van der Waals surface area (Å²) >= 11 is 1.26. The molecule has 112 valence electrons. The standard InChI is InChI=1S/C13H14N2O4S2/c1-8(12-15-11(7-20-12)13(16)17)14-9-3-5-10(6-4-9)21(2,18)19/h3-8,14H,1-2H3,(H,16,17). The lowest BCUT2D eigenvalue weighted by atomic mass is 10.2. The van der Waals surface area contributed by atoms with Gasteiger partial charge in [0.05, 0.1) is 10.9 Å². The summed E-state index contributed by atoms with van der Waals surface area (Å²) in [7, 11) is -3.21. The van der Waals surface area contributed by atoms with Gasteiger partial charge in [-0.2, -0.15) is 0 Å². The molecule has 2 rings (SSSR count). The van der Waals surface area contributed by atoms with Crippen LogP contribution in [-0.2, 0) is 9.84 Å². The van der Waals surface area contributed by atoms with Crippen molar-refractivity contribution in [1.29, 1.82) is 0 Å². The summed E-state index contributed by atoms with van der Waals surface area (Å²) in [5, 5.41) is 14.1. The van der Waals surface area contributed by atoms with E-state index in [4.69, 9.17) is 5.11 Å². The first-order valence-electron chi connectivity index (χ1n) is 6.03. The van der Waals surface area contributed by atoms with Crippen LogP contribution in [-0.4, -0.2) is 30.7 Å². The Hall–Kier alpha value is -1.93. The number of nitrogens with zero attached hydrogens (tertiary/aromatic N) is 1. The molecule has 0 aliphatic heterocycles. The van der Waals surface area contributed by atoms with Gasteiger partial charge in [0.2, 0.25) is 0 Å². The monoisotopic (exact) mass is 326 g/mol. The van der Waals surface area contributed by atoms with Crippen molar-refractivity contribution < 1.29 is 18.3 Å². The Morgan fingerprint density at radius 2 is 1.95 bits per heavy atom. The minimum Gasteiger partial charge on any atom is -0.476 e. The number of carboxylic acid groups (broad SMARTS) is 1. The molecule has 2 N–H and O–H groups in total. The Labute approximate surface area is 126 Å². The molecule has 21 heavy (non-hydrogen) atoms.